The summed E-state index contributed by atoms with van der Waals surface area (Å²) in [5, 5.41) is 3.52. The smallest absolute Gasteiger partial charge is 0.0205 e. The molecule has 1 heterocycles. The molecule has 1 aliphatic heterocycles. The van der Waals surface area contributed by atoms with Gasteiger partial charge >= 0.3 is 0 Å². The van der Waals surface area contributed by atoms with Gasteiger partial charge in [0, 0.05) is 6.54 Å². The minimum absolute atomic E-state index is 1.00. The highest BCUT2D eigenvalue weighted by Gasteiger charge is 2.09. The molecule has 1 N–H and O–H groups in total. The van der Waals surface area contributed by atoms with Gasteiger partial charge in [-0.1, -0.05) is 29.8 Å². The summed E-state index contributed by atoms with van der Waals surface area (Å²) in [4.78, 5) is 2.58. The van der Waals surface area contributed by atoms with Gasteiger partial charge in [0.1, 0.15) is 0 Å². The molecule has 0 amide bonds. The molecule has 1 aromatic rings. The Hall–Kier alpha value is -0.860. The highest BCUT2D eigenvalue weighted by atomic mass is 15.1. The average Bonchev–Trinajstić information content (AvgIpc) is 2.84. The highest BCUT2D eigenvalue weighted by Crippen LogP contribution is 2.07. The van der Waals surface area contributed by atoms with Crippen LogP contribution < -0.4 is 5.32 Å². The predicted molar refractivity (Wildman–Crippen MR) is 73.2 cm³/mol. The summed E-state index contributed by atoms with van der Waals surface area (Å²) in [5.41, 5.74) is 2.72. The van der Waals surface area contributed by atoms with Gasteiger partial charge < -0.3 is 10.2 Å². The monoisotopic (exact) mass is 232 g/mol. The number of nitrogens with zero attached hydrogens (tertiary/aromatic N) is 1. The first-order valence-electron chi connectivity index (χ1n) is 6.83. The third kappa shape index (κ3) is 4.49. The Kier molecular flexibility index (Phi) is 5.02. The number of hydrogen-bond donors (Lipinski definition) is 1. The van der Waals surface area contributed by atoms with Crippen molar-refractivity contribution in [2.75, 3.05) is 26.2 Å². The van der Waals surface area contributed by atoms with E-state index in [1.807, 2.05) is 0 Å². The van der Waals surface area contributed by atoms with Gasteiger partial charge in [-0.05, 0) is 57.9 Å². The first-order chi connectivity index (χ1) is 8.34. The molecule has 0 unspecified atom stereocenters. The van der Waals surface area contributed by atoms with Crippen LogP contribution in [0, 0.1) is 6.92 Å². The van der Waals surface area contributed by atoms with Crippen LogP contribution in [0.3, 0.4) is 0 Å². The summed E-state index contributed by atoms with van der Waals surface area (Å²) >= 11 is 0. The van der Waals surface area contributed by atoms with Crippen molar-refractivity contribution >= 4 is 0 Å². The maximum Gasteiger partial charge on any atom is 0.0205 e. The van der Waals surface area contributed by atoms with Gasteiger partial charge in [-0.2, -0.15) is 0 Å². The van der Waals surface area contributed by atoms with E-state index in [0.29, 0.717) is 0 Å². The van der Waals surface area contributed by atoms with E-state index in [1.165, 1.54) is 50.0 Å². The summed E-state index contributed by atoms with van der Waals surface area (Å²) < 4.78 is 0. The van der Waals surface area contributed by atoms with Gasteiger partial charge in [0.25, 0.3) is 0 Å². The lowest BCUT2D eigenvalue weighted by atomic mass is 10.1. The van der Waals surface area contributed by atoms with Crippen molar-refractivity contribution in [2.45, 2.75) is 32.7 Å². The number of hydrogen-bond acceptors (Lipinski definition) is 2. The maximum absolute atomic E-state index is 3.52. The fourth-order valence-corrected chi connectivity index (χ4v) is 2.37. The van der Waals surface area contributed by atoms with Crippen LogP contribution in [0.2, 0.25) is 0 Å². The summed E-state index contributed by atoms with van der Waals surface area (Å²) in [6, 6.07) is 8.79. The second-order valence-electron chi connectivity index (χ2n) is 5.06. The van der Waals surface area contributed by atoms with E-state index in [9.17, 15) is 0 Å². The van der Waals surface area contributed by atoms with Crippen molar-refractivity contribution in [2.24, 2.45) is 0 Å². The first-order valence-corrected chi connectivity index (χ1v) is 6.83. The lowest BCUT2D eigenvalue weighted by molar-refractivity contribution is 0.331. The summed E-state index contributed by atoms with van der Waals surface area (Å²) in [6.45, 7) is 8.16. The van der Waals surface area contributed by atoms with Crippen molar-refractivity contribution in [3.63, 3.8) is 0 Å². The Morgan fingerprint density at radius 1 is 1.12 bits per heavy atom. The molecule has 2 nitrogen and oxygen atoms in total. The van der Waals surface area contributed by atoms with E-state index in [0.717, 1.165) is 13.1 Å². The minimum atomic E-state index is 1.00. The molecule has 0 saturated carbocycles. The lowest BCUT2D eigenvalue weighted by Gasteiger charge is -2.14. The van der Waals surface area contributed by atoms with Crippen molar-refractivity contribution in [1.82, 2.24) is 10.2 Å². The fraction of sp³-hybridized carbons (Fsp3) is 0.600. The zero-order valence-corrected chi connectivity index (χ0v) is 10.9. The quantitative estimate of drug-likeness (QED) is 0.758. The predicted octanol–water partition coefficient (Wildman–Crippen LogP) is 2.57. The van der Waals surface area contributed by atoms with Crippen LogP contribution in [0.4, 0.5) is 0 Å². The largest absolute Gasteiger partial charge is 0.313 e. The second kappa shape index (κ2) is 6.77. The molecular weight excluding hydrogens is 208 g/mol. The Balaban J connectivity index is 1.55. The minimum Gasteiger partial charge on any atom is -0.313 e. The second-order valence-corrected chi connectivity index (χ2v) is 5.06. The summed E-state index contributed by atoms with van der Waals surface area (Å²) in [7, 11) is 0. The molecule has 0 aromatic heterocycles. The van der Waals surface area contributed by atoms with E-state index in [1.54, 1.807) is 0 Å². The van der Waals surface area contributed by atoms with Gasteiger partial charge in [0.2, 0.25) is 0 Å². The van der Waals surface area contributed by atoms with E-state index < -0.39 is 0 Å². The molecule has 0 bridgehead atoms. The van der Waals surface area contributed by atoms with E-state index in [2.05, 4.69) is 41.4 Å². The van der Waals surface area contributed by atoms with Crippen molar-refractivity contribution in [1.29, 1.82) is 0 Å². The average molecular weight is 232 g/mol. The van der Waals surface area contributed by atoms with Gasteiger partial charge in [-0.3, -0.25) is 0 Å². The Morgan fingerprint density at radius 3 is 2.53 bits per heavy atom. The number of rotatable bonds is 6. The molecular formula is C15H24N2. The van der Waals surface area contributed by atoms with Crippen LogP contribution >= 0.6 is 0 Å². The van der Waals surface area contributed by atoms with Crippen LogP contribution in [0.15, 0.2) is 24.3 Å². The molecule has 17 heavy (non-hydrogen) atoms. The number of nitrogens with one attached hydrogen (secondary N) is 1. The zero-order valence-electron chi connectivity index (χ0n) is 10.9. The molecule has 2 rings (SSSR count). The summed E-state index contributed by atoms with van der Waals surface area (Å²) in [6.07, 6.45) is 4.07. The molecule has 0 aliphatic carbocycles. The SMILES string of the molecule is Cc1ccc(CNCCCN2CCCC2)cc1. The van der Waals surface area contributed by atoms with Crippen LogP contribution in [0.1, 0.15) is 30.4 Å². The third-order valence-corrected chi connectivity index (χ3v) is 3.48. The van der Waals surface area contributed by atoms with Crippen LogP contribution in [0.5, 0.6) is 0 Å². The topological polar surface area (TPSA) is 15.3 Å². The third-order valence-electron chi connectivity index (χ3n) is 3.48. The van der Waals surface area contributed by atoms with Gasteiger partial charge in [-0.15, -0.1) is 0 Å². The number of likely N-dealkylation sites (tertiary alicyclic amines) is 1. The zero-order chi connectivity index (χ0) is 11.9. The van der Waals surface area contributed by atoms with E-state index in [4.69, 9.17) is 0 Å². The molecule has 1 aromatic carbocycles. The van der Waals surface area contributed by atoms with E-state index in [-0.39, 0.29) is 0 Å². The molecule has 0 spiro atoms. The van der Waals surface area contributed by atoms with Crippen LogP contribution in [-0.4, -0.2) is 31.1 Å². The van der Waals surface area contributed by atoms with Crippen molar-refractivity contribution < 1.29 is 0 Å². The molecule has 94 valence electrons. The normalized spacial score (nSPS) is 16.5. The van der Waals surface area contributed by atoms with Crippen LogP contribution in [0.25, 0.3) is 0 Å². The Bertz CT molecular complexity index is 312. The molecule has 1 aliphatic rings. The van der Waals surface area contributed by atoms with Gasteiger partial charge in [0.05, 0.1) is 0 Å². The van der Waals surface area contributed by atoms with Gasteiger partial charge in [-0.25, -0.2) is 0 Å². The Morgan fingerprint density at radius 2 is 1.82 bits per heavy atom. The number of aryl methyl sites for hydroxylation is 1. The van der Waals surface area contributed by atoms with Crippen molar-refractivity contribution in [3.05, 3.63) is 35.4 Å². The summed E-state index contributed by atoms with van der Waals surface area (Å²) in [5.74, 6) is 0. The first kappa shape index (κ1) is 12.6. The number of benzene rings is 1. The van der Waals surface area contributed by atoms with E-state index >= 15 is 0 Å². The maximum atomic E-state index is 3.52. The molecule has 1 saturated heterocycles. The molecule has 0 atom stereocenters. The standard InChI is InChI=1S/C15H24N2/c1-14-5-7-15(8-6-14)13-16-9-4-12-17-10-2-3-11-17/h5-8,16H,2-4,9-13H2,1H3. The van der Waals surface area contributed by atoms with Crippen molar-refractivity contribution in [3.8, 4) is 0 Å². The van der Waals surface area contributed by atoms with Crippen LogP contribution in [-0.2, 0) is 6.54 Å². The molecule has 0 radical (unpaired) electrons. The fourth-order valence-electron chi connectivity index (χ4n) is 2.37. The molecule has 2 heteroatoms. The highest BCUT2D eigenvalue weighted by molar-refractivity contribution is 5.20. The van der Waals surface area contributed by atoms with Gasteiger partial charge in [0.15, 0.2) is 0 Å². The Labute approximate surface area is 105 Å². The molecule has 1 fully saturated rings. The lowest BCUT2D eigenvalue weighted by Crippen LogP contribution is -2.24.